The summed E-state index contributed by atoms with van der Waals surface area (Å²) < 4.78 is 13.1. The van der Waals surface area contributed by atoms with Crippen LogP contribution in [0.25, 0.3) is 0 Å². The Bertz CT molecular complexity index is 374. The van der Waals surface area contributed by atoms with Gasteiger partial charge in [-0.25, -0.2) is 4.39 Å². The number of hydrogen-bond donors (Lipinski definition) is 1. The van der Waals surface area contributed by atoms with Gasteiger partial charge in [-0.15, -0.1) is 0 Å². The van der Waals surface area contributed by atoms with Crippen LogP contribution in [0.3, 0.4) is 0 Å². The Kier molecular flexibility index (Phi) is 4.66. The summed E-state index contributed by atoms with van der Waals surface area (Å²) in [6, 6.07) is 5.31. The molecule has 1 aromatic rings. The Morgan fingerprint density at radius 3 is 2.53 bits per heavy atom. The minimum absolute atomic E-state index is 0.0871. The third-order valence-corrected chi connectivity index (χ3v) is 3.02. The molecule has 17 heavy (non-hydrogen) atoms. The third kappa shape index (κ3) is 4.44. The number of hydrogen-bond acceptors (Lipinski definition) is 2. The number of likely N-dealkylation sites (N-methyl/N-ethyl adjacent to an activating group) is 2. The van der Waals surface area contributed by atoms with Gasteiger partial charge in [0.15, 0.2) is 0 Å². The molecule has 3 heteroatoms. The SMILES string of the molecule is CNC(C)(C)CN(C)Cc1ccc(F)c(C)c1. The van der Waals surface area contributed by atoms with Gasteiger partial charge in [-0.1, -0.05) is 12.1 Å². The van der Waals surface area contributed by atoms with Crippen molar-refractivity contribution in [1.29, 1.82) is 0 Å². The topological polar surface area (TPSA) is 15.3 Å². The van der Waals surface area contributed by atoms with Gasteiger partial charge < -0.3 is 10.2 Å². The Morgan fingerprint density at radius 1 is 1.35 bits per heavy atom. The molecule has 96 valence electrons. The van der Waals surface area contributed by atoms with Crippen LogP contribution in [0.5, 0.6) is 0 Å². The standard InChI is InChI=1S/C14H23FN2/c1-11-8-12(6-7-13(11)15)9-17(5)10-14(2,3)16-4/h6-8,16H,9-10H2,1-5H3. The van der Waals surface area contributed by atoms with Gasteiger partial charge in [0.1, 0.15) is 5.82 Å². The second-order valence-corrected chi connectivity index (χ2v) is 5.39. The Labute approximate surface area is 104 Å². The molecule has 0 aliphatic heterocycles. The van der Waals surface area contributed by atoms with Crippen molar-refractivity contribution >= 4 is 0 Å². The number of halogens is 1. The maximum absolute atomic E-state index is 13.1. The van der Waals surface area contributed by atoms with Gasteiger partial charge in [-0.3, -0.25) is 0 Å². The van der Waals surface area contributed by atoms with Crippen LogP contribution >= 0.6 is 0 Å². The molecule has 1 rings (SSSR count). The maximum Gasteiger partial charge on any atom is 0.126 e. The second kappa shape index (κ2) is 5.61. The number of nitrogens with zero attached hydrogens (tertiary/aromatic N) is 1. The van der Waals surface area contributed by atoms with E-state index in [4.69, 9.17) is 0 Å². The van der Waals surface area contributed by atoms with Gasteiger partial charge >= 0.3 is 0 Å². The molecule has 0 bridgehead atoms. The molecule has 0 atom stereocenters. The predicted octanol–water partition coefficient (Wildman–Crippen LogP) is 2.56. The Hall–Kier alpha value is -0.930. The fourth-order valence-electron chi connectivity index (χ4n) is 1.93. The van der Waals surface area contributed by atoms with Crippen molar-refractivity contribution < 1.29 is 4.39 Å². The highest BCUT2D eigenvalue weighted by Gasteiger charge is 2.17. The number of nitrogens with one attached hydrogen (secondary N) is 1. The molecule has 0 aliphatic rings. The molecular formula is C14H23FN2. The summed E-state index contributed by atoms with van der Waals surface area (Å²) in [6.45, 7) is 7.92. The smallest absolute Gasteiger partial charge is 0.126 e. The van der Waals surface area contributed by atoms with Crippen molar-refractivity contribution in [2.24, 2.45) is 0 Å². The molecule has 0 unspecified atom stereocenters. The van der Waals surface area contributed by atoms with Gasteiger partial charge in [-0.2, -0.15) is 0 Å². The van der Waals surface area contributed by atoms with Crippen molar-refractivity contribution in [2.45, 2.75) is 32.9 Å². The molecule has 0 fully saturated rings. The maximum atomic E-state index is 13.1. The highest BCUT2D eigenvalue weighted by Crippen LogP contribution is 2.12. The predicted molar refractivity (Wildman–Crippen MR) is 70.6 cm³/mol. The van der Waals surface area contributed by atoms with E-state index in [1.165, 1.54) is 0 Å². The fraction of sp³-hybridized carbons (Fsp3) is 0.571. The van der Waals surface area contributed by atoms with E-state index in [0.29, 0.717) is 5.56 Å². The monoisotopic (exact) mass is 238 g/mol. The lowest BCUT2D eigenvalue weighted by molar-refractivity contribution is 0.238. The van der Waals surface area contributed by atoms with E-state index in [2.05, 4.69) is 31.1 Å². The number of rotatable bonds is 5. The highest BCUT2D eigenvalue weighted by atomic mass is 19.1. The van der Waals surface area contributed by atoms with E-state index in [1.54, 1.807) is 13.0 Å². The van der Waals surface area contributed by atoms with E-state index < -0.39 is 0 Å². The zero-order valence-electron chi connectivity index (χ0n) is 11.5. The largest absolute Gasteiger partial charge is 0.314 e. The Balaban J connectivity index is 2.62. The van der Waals surface area contributed by atoms with E-state index in [-0.39, 0.29) is 11.4 Å². The van der Waals surface area contributed by atoms with Gasteiger partial charge in [0.2, 0.25) is 0 Å². The molecule has 0 radical (unpaired) electrons. The molecule has 0 saturated heterocycles. The van der Waals surface area contributed by atoms with E-state index in [1.807, 2.05) is 19.2 Å². The zero-order chi connectivity index (χ0) is 13.1. The highest BCUT2D eigenvalue weighted by molar-refractivity contribution is 5.23. The van der Waals surface area contributed by atoms with Crippen molar-refractivity contribution in [1.82, 2.24) is 10.2 Å². The minimum Gasteiger partial charge on any atom is -0.314 e. The molecular weight excluding hydrogens is 215 g/mol. The van der Waals surface area contributed by atoms with Crippen LogP contribution in [0.1, 0.15) is 25.0 Å². The van der Waals surface area contributed by atoms with E-state index in [0.717, 1.165) is 18.7 Å². The van der Waals surface area contributed by atoms with Crippen LogP contribution in [0.4, 0.5) is 4.39 Å². The first kappa shape index (κ1) is 14.1. The van der Waals surface area contributed by atoms with Crippen molar-refractivity contribution in [2.75, 3.05) is 20.6 Å². The van der Waals surface area contributed by atoms with Crippen LogP contribution in [0.2, 0.25) is 0 Å². The lowest BCUT2D eigenvalue weighted by atomic mass is 10.0. The third-order valence-electron chi connectivity index (χ3n) is 3.02. The fourth-order valence-corrected chi connectivity index (χ4v) is 1.93. The molecule has 0 heterocycles. The van der Waals surface area contributed by atoms with Crippen molar-refractivity contribution in [3.8, 4) is 0 Å². The molecule has 2 nitrogen and oxygen atoms in total. The van der Waals surface area contributed by atoms with Crippen molar-refractivity contribution in [3.63, 3.8) is 0 Å². The molecule has 0 aromatic heterocycles. The first-order valence-corrected chi connectivity index (χ1v) is 5.96. The normalized spacial score (nSPS) is 12.2. The molecule has 1 N–H and O–H groups in total. The van der Waals surface area contributed by atoms with Crippen LogP contribution in [-0.2, 0) is 6.54 Å². The lowest BCUT2D eigenvalue weighted by Crippen LogP contribution is -2.46. The van der Waals surface area contributed by atoms with Gasteiger partial charge in [0.05, 0.1) is 0 Å². The van der Waals surface area contributed by atoms with E-state index in [9.17, 15) is 4.39 Å². The molecule has 0 saturated carbocycles. The lowest BCUT2D eigenvalue weighted by Gasteiger charge is -2.30. The molecule has 0 aliphatic carbocycles. The first-order chi connectivity index (χ1) is 7.84. The quantitative estimate of drug-likeness (QED) is 0.848. The number of aryl methyl sites for hydroxylation is 1. The van der Waals surface area contributed by atoms with E-state index >= 15 is 0 Å². The van der Waals surface area contributed by atoms with Crippen LogP contribution in [0, 0.1) is 12.7 Å². The van der Waals surface area contributed by atoms with Gasteiger partial charge in [0, 0.05) is 18.6 Å². The Morgan fingerprint density at radius 2 is 2.00 bits per heavy atom. The summed E-state index contributed by atoms with van der Waals surface area (Å²) in [5.74, 6) is -0.132. The molecule has 0 spiro atoms. The number of benzene rings is 1. The molecule has 0 amide bonds. The van der Waals surface area contributed by atoms with Gasteiger partial charge in [0.25, 0.3) is 0 Å². The summed E-state index contributed by atoms with van der Waals surface area (Å²) in [7, 11) is 4.05. The average Bonchev–Trinajstić information content (AvgIpc) is 2.23. The van der Waals surface area contributed by atoms with Crippen LogP contribution in [-0.4, -0.2) is 31.1 Å². The van der Waals surface area contributed by atoms with Crippen molar-refractivity contribution in [3.05, 3.63) is 35.1 Å². The second-order valence-electron chi connectivity index (χ2n) is 5.39. The summed E-state index contributed by atoms with van der Waals surface area (Å²) in [5.41, 5.74) is 1.95. The van der Waals surface area contributed by atoms with Crippen LogP contribution < -0.4 is 5.32 Å². The zero-order valence-corrected chi connectivity index (χ0v) is 11.5. The summed E-state index contributed by atoms with van der Waals surface area (Å²) >= 11 is 0. The molecule has 1 aromatic carbocycles. The summed E-state index contributed by atoms with van der Waals surface area (Å²) in [5, 5.41) is 3.28. The minimum atomic E-state index is -0.132. The summed E-state index contributed by atoms with van der Waals surface area (Å²) in [6.07, 6.45) is 0. The van der Waals surface area contributed by atoms with Crippen LogP contribution in [0.15, 0.2) is 18.2 Å². The van der Waals surface area contributed by atoms with Gasteiger partial charge in [-0.05, 0) is 52.1 Å². The average molecular weight is 238 g/mol. The first-order valence-electron chi connectivity index (χ1n) is 5.96. The summed E-state index contributed by atoms with van der Waals surface area (Å²) in [4.78, 5) is 2.24.